The Morgan fingerprint density at radius 2 is 1.79 bits per heavy atom. The molecule has 7 nitrogen and oxygen atoms in total. The zero-order valence-corrected chi connectivity index (χ0v) is 17.0. The van der Waals surface area contributed by atoms with Crippen LogP contribution < -0.4 is 16.0 Å². The highest BCUT2D eigenvalue weighted by Gasteiger charge is 2.13. The van der Waals surface area contributed by atoms with Crippen molar-refractivity contribution >= 4 is 63.0 Å². The number of hydrogen-bond donors (Lipinski definition) is 3. The minimum atomic E-state index is -0.509. The van der Waals surface area contributed by atoms with Crippen LogP contribution in [0.15, 0.2) is 42.5 Å². The summed E-state index contributed by atoms with van der Waals surface area (Å²) >= 11 is 12.9. The Morgan fingerprint density at radius 1 is 1.00 bits per heavy atom. The minimum Gasteiger partial charge on any atom is -0.325 e. The maximum absolute atomic E-state index is 12.2. The lowest BCUT2D eigenvalue weighted by Gasteiger charge is -2.06. The lowest BCUT2D eigenvalue weighted by molar-refractivity contribution is -0.115. The van der Waals surface area contributed by atoms with Gasteiger partial charge in [-0.3, -0.25) is 10.1 Å². The number of anilines is 3. The summed E-state index contributed by atoms with van der Waals surface area (Å²) in [4.78, 5) is 24.2. The lowest BCUT2D eigenvalue weighted by atomic mass is 10.2. The number of aromatic nitrogens is 2. The van der Waals surface area contributed by atoms with Crippen LogP contribution >= 0.6 is 34.5 Å². The van der Waals surface area contributed by atoms with Crippen molar-refractivity contribution in [2.45, 2.75) is 13.3 Å². The predicted octanol–water partition coefficient (Wildman–Crippen LogP) is 4.98. The number of amides is 3. The van der Waals surface area contributed by atoms with Gasteiger partial charge in [-0.2, -0.15) is 0 Å². The normalized spacial score (nSPS) is 10.4. The van der Waals surface area contributed by atoms with Crippen LogP contribution in [0.5, 0.6) is 0 Å². The van der Waals surface area contributed by atoms with Crippen molar-refractivity contribution < 1.29 is 9.59 Å². The van der Waals surface area contributed by atoms with E-state index in [2.05, 4.69) is 26.1 Å². The van der Waals surface area contributed by atoms with E-state index in [1.807, 2.05) is 31.2 Å². The topological polar surface area (TPSA) is 96.0 Å². The fourth-order valence-corrected chi connectivity index (χ4v) is 3.29. The molecular formula is C18H15Cl2N5O2S. The summed E-state index contributed by atoms with van der Waals surface area (Å²) < 4.78 is 0. The van der Waals surface area contributed by atoms with E-state index in [1.54, 1.807) is 12.1 Å². The molecule has 2 aromatic carbocycles. The largest absolute Gasteiger partial charge is 0.325 e. The van der Waals surface area contributed by atoms with E-state index < -0.39 is 6.03 Å². The number of para-hydroxylation sites is 1. The Bertz CT molecular complexity index is 1020. The summed E-state index contributed by atoms with van der Waals surface area (Å²) in [6, 6.07) is 11.7. The lowest BCUT2D eigenvalue weighted by Crippen LogP contribution is -2.19. The van der Waals surface area contributed by atoms with E-state index >= 15 is 0 Å². The zero-order valence-electron chi connectivity index (χ0n) is 14.6. The minimum absolute atomic E-state index is 0.0576. The van der Waals surface area contributed by atoms with Crippen molar-refractivity contribution in [3.63, 3.8) is 0 Å². The third kappa shape index (κ3) is 5.41. The molecule has 144 valence electrons. The molecule has 0 atom stereocenters. The van der Waals surface area contributed by atoms with E-state index in [0.29, 0.717) is 20.7 Å². The first-order valence-electron chi connectivity index (χ1n) is 8.11. The van der Waals surface area contributed by atoms with Gasteiger partial charge >= 0.3 is 6.03 Å². The number of rotatable bonds is 5. The molecular weight excluding hydrogens is 421 g/mol. The maximum atomic E-state index is 12.2. The second kappa shape index (κ2) is 9.01. The molecule has 1 heterocycles. The summed E-state index contributed by atoms with van der Waals surface area (Å²) in [6.07, 6.45) is 0.0576. The van der Waals surface area contributed by atoms with Crippen molar-refractivity contribution in [3.8, 4) is 0 Å². The van der Waals surface area contributed by atoms with Crippen molar-refractivity contribution in [1.82, 2.24) is 10.2 Å². The molecule has 0 aliphatic rings. The highest BCUT2D eigenvalue weighted by atomic mass is 35.5. The van der Waals surface area contributed by atoms with Gasteiger partial charge in [0.15, 0.2) is 0 Å². The van der Waals surface area contributed by atoms with Crippen LogP contribution in [0, 0.1) is 6.92 Å². The third-order valence-corrected chi connectivity index (χ3v) is 5.17. The first kappa shape index (κ1) is 20.1. The molecule has 0 aliphatic carbocycles. The van der Waals surface area contributed by atoms with Crippen LogP contribution in [0.25, 0.3) is 0 Å². The highest BCUT2D eigenvalue weighted by Crippen LogP contribution is 2.25. The molecule has 10 heteroatoms. The van der Waals surface area contributed by atoms with Gasteiger partial charge in [-0.15, -0.1) is 10.2 Å². The van der Waals surface area contributed by atoms with Crippen LogP contribution in [-0.2, 0) is 11.2 Å². The van der Waals surface area contributed by atoms with Gasteiger partial charge in [0.25, 0.3) is 0 Å². The van der Waals surface area contributed by atoms with Crippen LogP contribution in [0.3, 0.4) is 0 Å². The number of aryl methyl sites for hydroxylation is 1. The van der Waals surface area contributed by atoms with Gasteiger partial charge in [-0.05, 0) is 36.8 Å². The monoisotopic (exact) mass is 435 g/mol. The number of nitrogens with one attached hydrogen (secondary N) is 3. The van der Waals surface area contributed by atoms with Crippen LogP contribution in [0.4, 0.5) is 21.3 Å². The van der Waals surface area contributed by atoms with Crippen LogP contribution in [0.2, 0.25) is 10.0 Å². The molecule has 3 amide bonds. The average Bonchev–Trinajstić information content (AvgIpc) is 3.06. The predicted molar refractivity (Wildman–Crippen MR) is 113 cm³/mol. The molecule has 28 heavy (non-hydrogen) atoms. The van der Waals surface area contributed by atoms with Gasteiger partial charge in [0, 0.05) is 11.4 Å². The smallest absolute Gasteiger partial charge is 0.325 e. The van der Waals surface area contributed by atoms with Crippen molar-refractivity contribution in [2.75, 3.05) is 16.0 Å². The van der Waals surface area contributed by atoms with Gasteiger partial charge in [-0.1, -0.05) is 52.7 Å². The number of nitrogens with zero attached hydrogens (tertiary/aromatic N) is 2. The molecule has 0 unspecified atom stereocenters. The van der Waals surface area contributed by atoms with E-state index in [-0.39, 0.29) is 17.5 Å². The second-order valence-corrected chi connectivity index (χ2v) is 7.63. The Morgan fingerprint density at radius 3 is 2.54 bits per heavy atom. The Hall–Kier alpha value is -2.68. The number of carbonyl (C=O) groups is 2. The number of hydrogen-bond acceptors (Lipinski definition) is 5. The standard InChI is InChI=1S/C18H15Cl2N5O2S/c1-10-4-2-3-5-14(10)22-15(26)9-16-24-25-18(28-16)23-17(27)21-11-6-7-12(19)13(20)8-11/h2-8H,9H2,1H3,(H,22,26)(H2,21,23,25,27). The highest BCUT2D eigenvalue weighted by molar-refractivity contribution is 7.15. The average molecular weight is 436 g/mol. The van der Waals surface area contributed by atoms with Gasteiger partial charge in [0.1, 0.15) is 5.01 Å². The molecule has 3 aromatic rings. The van der Waals surface area contributed by atoms with Crippen LogP contribution in [-0.4, -0.2) is 22.1 Å². The van der Waals surface area contributed by atoms with E-state index in [0.717, 1.165) is 22.6 Å². The molecule has 0 bridgehead atoms. The summed E-state index contributed by atoms with van der Waals surface area (Å²) in [6.45, 7) is 1.91. The van der Waals surface area contributed by atoms with Crippen LogP contribution in [0.1, 0.15) is 10.6 Å². The molecule has 3 rings (SSSR count). The van der Waals surface area contributed by atoms with E-state index in [1.165, 1.54) is 6.07 Å². The summed E-state index contributed by atoms with van der Waals surface area (Å²) in [7, 11) is 0. The van der Waals surface area contributed by atoms with Crippen molar-refractivity contribution in [2.24, 2.45) is 0 Å². The molecule has 3 N–H and O–H groups in total. The molecule has 0 saturated heterocycles. The van der Waals surface area contributed by atoms with E-state index in [4.69, 9.17) is 23.2 Å². The fourth-order valence-electron chi connectivity index (χ4n) is 2.25. The molecule has 0 aliphatic heterocycles. The number of halogens is 2. The SMILES string of the molecule is Cc1ccccc1NC(=O)Cc1nnc(NC(=O)Nc2ccc(Cl)c(Cl)c2)s1. The summed E-state index contributed by atoms with van der Waals surface area (Å²) in [5, 5.41) is 17.3. The maximum Gasteiger partial charge on any atom is 0.325 e. The van der Waals surface area contributed by atoms with Crippen molar-refractivity contribution in [1.29, 1.82) is 0 Å². The summed E-state index contributed by atoms with van der Waals surface area (Å²) in [5.74, 6) is -0.211. The molecule has 1 aromatic heterocycles. The number of carbonyl (C=O) groups excluding carboxylic acids is 2. The fraction of sp³-hybridized carbons (Fsp3) is 0.111. The number of urea groups is 1. The van der Waals surface area contributed by atoms with Gasteiger partial charge in [0.05, 0.1) is 16.5 Å². The first-order valence-corrected chi connectivity index (χ1v) is 9.69. The molecule has 0 radical (unpaired) electrons. The Kier molecular flexibility index (Phi) is 6.45. The quantitative estimate of drug-likeness (QED) is 0.526. The number of benzene rings is 2. The van der Waals surface area contributed by atoms with Gasteiger partial charge in [-0.25, -0.2) is 4.79 Å². The Balaban J connectivity index is 1.54. The molecule has 0 fully saturated rings. The molecule has 0 spiro atoms. The third-order valence-electron chi connectivity index (χ3n) is 3.60. The van der Waals surface area contributed by atoms with E-state index in [9.17, 15) is 9.59 Å². The van der Waals surface area contributed by atoms with Gasteiger partial charge in [0.2, 0.25) is 11.0 Å². The second-order valence-electron chi connectivity index (χ2n) is 5.75. The zero-order chi connectivity index (χ0) is 20.1. The molecule has 0 saturated carbocycles. The summed E-state index contributed by atoms with van der Waals surface area (Å²) in [5.41, 5.74) is 2.19. The van der Waals surface area contributed by atoms with Gasteiger partial charge < -0.3 is 10.6 Å². The Labute approximate surface area is 175 Å². The first-order chi connectivity index (χ1) is 13.4. The van der Waals surface area contributed by atoms with Crippen molar-refractivity contribution in [3.05, 3.63) is 63.1 Å².